The van der Waals surface area contributed by atoms with E-state index in [1.807, 2.05) is 66.9 Å². The van der Waals surface area contributed by atoms with Crippen LogP contribution in [0.5, 0.6) is 0 Å². The highest BCUT2D eigenvalue weighted by Crippen LogP contribution is 2.37. The number of hydrogen-bond acceptors (Lipinski definition) is 4. The Balaban J connectivity index is 1.16. The number of rotatable bonds is 6. The molecule has 0 spiro atoms. The summed E-state index contributed by atoms with van der Waals surface area (Å²) in [7, 11) is 0. The third-order valence-electron chi connectivity index (χ3n) is 8.25. The average Bonchev–Trinajstić information content (AvgIpc) is 3.15. The van der Waals surface area contributed by atoms with Gasteiger partial charge in [0.25, 0.3) is 0 Å². The van der Waals surface area contributed by atoms with Gasteiger partial charge in [0, 0.05) is 34.6 Å². The molecule has 4 nitrogen and oxygen atoms in total. The minimum atomic E-state index is 0.713. The monoisotopic (exact) mass is 588 g/mol. The van der Waals surface area contributed by atoms with Crippen LogP contribution < -0.4 is 0 Å². The molecule has 0 radical (unpaired) electrons. The first kappa shape index (κ1) is 27.3. The van der Waals surface area contributed by atoms with Crippen molar-refractivity contribution in [2.24, 2.45) is 0 Å². The molecule has 0 aliphatic carbocycles. The normalized spacial score (nSPS) is 11.0. The van der Waals surface area contributed by atoms with Gasteiger partial charge in [-0.1, -0.05) is 133 Å². The Morgan fingerprint density at radius 1 is 0.326 bits per heavy atom. The fraction of sp³-hybridized carbons (Fsp3) is 0. The van der Waals surface area contributed by atoms with E-state index >= 15 is 0 Å². The van der Waals surface area contributed by atoms with Gasteiger partial charge in [-0.15, -0.1) is 0 Å². The molecular formula is C42H28N4. The predicted octanol–water partition coefficient (Wildman–Crippen LogP) is 10.4. The van der Waals surface area contributed by atoms with E-state index in [0.717, 1.165) is 56.2 Å². The van der Waals surface area contributed by atoms with E-state index in [1.54, 1.807) is 6.20 Å². The molecule has 0 fully saturated rings. The smallest absolute Gasteiger partial charge is 0.160 e. The summed E-state index contributed by atoms with van der Waals surface area (Å²) in [5.74, 6) is 0.713. The van der Waals surface area contributed by atoms with E-state index in [4.69, 9.17) is 15.0 Å². The van der Waals surface area contributed by atoms with Gasteiger partial charge in [0.1, 0.15) is 0 Å². The first-order valence-electron chi connectivity index (χ1n) is 15.3. The van der Waals surface area contributed by atoms with E-state index in [1.165, 1.54) is 16.3 Å². The van der Waals surface area contributed by atoms with E-state index in [0.29, 0.717) is 5.82 Å². The van der Waals surface area contributed by atoms with Gasteiger partial charge in [-0.25, -0.2) is 9.97 Å². The third-order valence-corrected chi connectivity index (χ3v) is 8.25. The maximum absolute atomic E-state index is 5.00. The topological polar surface area (TPSA) is 51.6 Å². The average molecular weight is 589 g/mol. The van der Waals surface area contributed by atoms with E-state index < -0.39 is 0 Å². The highest BCUT2D eigenvalue weighted by Gasteiger charge is 2.13. The van der Waals surface area contributed by atoms with Crippen LogP contribution in [0.1, 0.15) is 0 Å². The lowest BCUT2D eigenvalue weighted by atomic mass is 9.92. The van der Waals surface area contributed by atoms with Crippen LogP contribution in [0, 0.1) is 0 Å². The van der Waals surface area contributed by atoms with Crippen molar-refractivity contribution in [2.45, 2.75) is 0 Å². The van der Waals surface area contributed by atoms with Crippen LogP contribution in [0.3, 0.4) is 0 Å². The largest absolute Gasteiger partial charge is 0.255 e. The lowest BCUT2D eigenvalue weighted by Gasteiger charge is -2.13. The molecule has 0 saturated heterocycles. The van der Waals surface area contributed by atoms with Crippen molar-refractivity contribution in [2.75, 3.05) is 0 Å². The summed E-state index contributed by atoms with van der Waals surface area (Å²) in [6.45, 7) is 0. The maximum Gasteiger partial charge on any atom is 0.160 e. The van der Waals surface area contributed by atoms with Crippen molar-refractivity contribution >= 4 is 10.8 Å². The van der Waals surface area contributed by atoms with Crippen LogP contribution in [0.25, 0.3) is 78.3 Å². The standard InChI is InChI=1S/C42H28N4/c1-3-11-30(12-4-1)40-27-41(46-42(45-40)32-13-5-2-6-14-32)31-20-18-29(19-21-31)34-23-24-35(37-16-8-7-15-36(34)37)33-22-25-39(44-28-33)38-17-9-10-26-43-38/h1-28H. The van der Waals surface area contributed by atoms with Crippen LogP contribution in [0.2, 0.25) is 0 Å². The number of fused-ring (bicyclic) bond motifs is 1. The highest BCUT2D eigenvalue weighted by atomic mass is 14.9. The Morgan fingerprint density at radius 2 is 0.848 bits per heavy atom. The van der Waals surface area contributed by atoms with Crippen molar-refractivity contribution in [3.05, 3.63) is 170 Å². The lowest BCUT2D eigenvalue weighted by Crippen LogP contribution is -1.95. The van der Waals surface area contributed by atoms with E-state index in [2.05, 4.69) is 102 Å². The second kappa shape index (κ2) is 12.0. The minimum absolute atomic E-state index is 0.713. The first-order valence-corrected chi connectivity index (χ1v) is 15.3. The van der Waals surface area contributed by atoms with Crippen molar-refractivity contribution in [1.82, 2.24) is 19.9 Å². The minimum Gasteiger partial charge on any atom is -0.255 e. The molecule has 4 heteroatoms. The second-order valence-electron chi connectivity index (χ2n) is 11.1. The van der Waals surface area contributed by atoms with Crippen LogP contribution in [0.4, 0.5) is 0 Å². The zero-order chi connectivity index (χ0) is 30.7. The van der Waals surface area contributed by atoms with Crippen LogP contribution in [-0.4, -0.2) is 19.9 Å². The summed E-state index contributed by atoms with van der Waals surface area (Å²) in [4.78, 5) is 19.1. The molecule has 0 aliphatic rings. The van der Waals surface area contributed by atoms with Gasteiger partial charge >= 0.3 is 0 Å². The summed E-state index contributed by atoms with van der Waals surface area (Å²) in [5.41, 5.74) is 11.2. The molecule has 0 amide bonds. The molecule has 3 aromatic heterocycles. The number of hydrogen-bond donors (Lipinski definition) is 0. The van der Waals surface area contributed by atoms with Crippen molar-refractivity contribution < 1.29 is 0 Å². The zero-order valence-corrected chi connectivity index (χ0v) is 25.0. The molecule has 3 heterocycles. The molecule has 0 aliphatic heterocycles. The van der Waals surface area contributed by atoms with Gasteiger partial charge in [0.2, 0.25) is 0 Å². The fourth-order valence-electron chi connectivity index (χ4n) is 5.91. The van der Waals surface area contributed by atoms with Gasteiger partial charge in [-0.2, -0.15) is 0 Å². The fourth-order valence-corrected chi connectivity index (χ4v) is 5.91. The van der Waals surface area contributed by atoms with Crippen molar-refractivity contribution in [3.63, 3.8) is 0 Å². The Bertz CT molecular complexity index is 2210. The molecule has 216 valence electrons. The quantitative estimate of drug-likeness (QED) is 0.194. The Morgan fingerprint density at radius 3 is 1.46 bits per heavy atom. The number of benzene rings is 5. The van der Waals surface area contributed by atoms with E-state index in [-0.39, 0.29) is 0 Å². The first-order chi connectivity index (χ1) is 22.8. The summed E-state index contributed by atoms with van der Waals surface area (Å²) in [6.07, 6.45) is 3.73. The summed E-state index contributed by atoms with van der Waals surface area (Å²) >= 11 is 0. The molecule has 8 aromatic rings. The SMILES string of the molecule is c1ccc(-c2cc(-c3ccc(-c4ccc(-c5ccc(-c6ccccn6)nc5)c5ccccc45)cc3)nc(-c3ccccc3)n2)cc1. The Hall–Kier alpha value is -6.26. The molecule has 0 unspecified atom stereocenters. The number of aromatic nitrogens is 4. The molecule has 8 rings (SSSR count). The molecule has 46 heavy (non-hydrogen) atoms. The Labute approximate surface area is 267 Å². The van der Waals surface area contributed by atoms with Crippen molar-refractivity contribution in [1.29, 1.82) is 0 Å². The van der Waals surface area contributed by atoms with Crippen molar-refractivity contribution in [3.8, 4) is 67.5 Å². The molecule has 0 saturated carbocycles. The highest BCUT2D eigenvalue weighted by molar-refractivity contribution is 6.05. The van der Waals surface area contributed by atoms with Crippen LogP contribution >= 0.6 is 0 Å². The molecule has 0 bridgehead atoms. The molecule has 0 atom stereocenters. The number of nitrogens with zero attached hydrogens (tertiary/aromatic N) is 4. The van der Waals surface area contributed by atoms with Gasteiger partial charge < -0.3 is 0 Å². The summed E-state index contributed by atoms with van der Waals surface area (Å²) in [6, 6.07) is 54.2. The van der Waals surface area contributed by atoms with E-state index in [9.17, 15) is 0 Å². The third kappa shape index (κ3) is 5.33. The summed E-state index contributed by atoms with van der Waals surface area (Å²) in [5, 5.41) is 2.38. The second-order valence-corrected chi connectivity index (χ2v) is 11.1. The van der Waals surface area contributed by atoms with Crippen LogP contribution in [0.15, 0.2) is 170 Å². The number of pyridine rings is 2. The van der Waals surface area contributed by atoms with Gasteiger partial charge in [0.05, 0.1) is 22.8 Å². The zero-order valence-electron chi connectivity index (χ0n) is 25.0. The van der Waals surface area contributed by atoms with Crippen LogP contribution in [-0.2, 0) is 0 Å². The molecule has 5 aromatic carbocycles. The predicted molar refractivity (Wildman–Crippen MR) is 188 cm³/mol. The van der Waals surface area contributed by atoms with Gasteiger partial charge in [-0.3, -0.25) is 9.97 Å². The maximum atomic E-state index is 5.00. The lowest BCUT2D eigenvalue weighted by molar-refractivity contribution is 1.18. The van der Waals surface area contributed by atoms with Gasteiger partial charge in [-0.05, 0) is 51.7 Å². The molecule has 0 N–H and O–H groups in total. The summed E-state index contributed by atoms with van der Waals surface area (Å²) < 4.78 is 0. The van der Waals surface area contributed by atoms with Gasteiger partial charge in [0.15, 0.2) is 5.82 Å². The molecular weight excluding hydrogens is 560 g/mol. The Kier molecular flexibility index (Phi) is 7.14.